The van der Waals surface area contributed by atoms with E-state index in [-0.39, 0.29) is 23.6 Å². The number of nitrogens with zero attached hydrogens (tertiary/aromatic N) is 2. The summed E-state index contributed by atoms with van der Waals surface area (Å²) in [7, 11) is 0. The van der Waals surface area contributed by atoms with Crippen molar-refractivity contribution in [3.63, 3.8) is 0 Å². The smallest absolute Gasteiger partial charge is 0.405 e. The molecule has 2 aromatic heterocycles. The maximum atomic E-state index is 12.1. The second kappa shape index (κ2) is 5.94. The van der Waals surface area contributed by atoms with Gasteiger partial charge in [-0.15, -0.1) is 0 Å². The highest BCUT2D eigenvalue weighted by atomic mass is 19.4. The number of carbonyl (C=O) groups is 1. The Kier molecular flexibility index (Phi) is 4.25. The van der Waals surface area contributed by atoms with Crippen LogP contribution in [0, 0.1) is 0 Å². The lowest BCUT2D eigenvalue weighted by Crippen LogP contribution is -2.21. The summed E-state index contributed by atoms with van der Waals surface area (Å²) in [4.78, 5) is 19.5. The predicted octanol–water partition coefficient (Wildman–Crippen LogP) is 2.78. The van der Waals surface area contributed by atoms with E-state index in [4.69, 9.17) is 4.74 Å². The van der Waals surface area contributed by atoms with E-state index in [0.29, 0.717) is 5.39 Å². The van der Waals surface area contributed by atoms with Gasteiger partial charge in [0.2, 0.25) is 0 Å². The molecule has 112 valence electrons. The standard InChI is InChI=1S/C13H12F3N3O2/c1-2-21-12(20)9-5-8-3-4-10(18-7-13(14,15)16)19-11(8)17-6-9/h3-6H,2,7H2,1H3,(H,17,18,19). The number of carbonyl (C=O) groups excluding carboxylic acids is 1. The molecule has 2 rings (SSSR count). The van der Waals surface area contributed by atoms with E-state index in [1.165, 1.54) is 24.4 Å². The third kappa shape index (κ3) is 4.04. The molecule has 0 radical (unpaired) electrons. The molecule has 0 aliphatic heterocycles. The van der Waals surface area contributed by atoms with Crippen molar-refractivity contribution in [1.29, 1.82) is 0 Å². The van der Waals surface area contributed by atoms with Crippen LogP contribution in [0.3, 0.4) is 0 Å². The van der Waals surface area contributed by atoms with Crippen molar-refractivity contribution >= 4 is 22.8 Å². The first-order valence-corrected chi connectivity index (χ1v) is 6.13. The van der Waals surface area contributed by atoms with Crippen molar-refractivity contribution in [2.24, 2.45) is 0 Å². The second-order valence-corrected chi connectivity index (χ2v) is 4.16. The molecule has 0 amide bonds. The van der Waals surface area contributed by atoms with E-state index < -0.39 is 18.7 Å². The molecule has 21 heavy (non-hydrogen) atoms. The van der Waals surface area contributed by atoms with Gasteiger partial charge in [0.1, 0.15) is 12.4 Å². The average molecular weight is 299 g/mol. The molecule has 0 saturated carbocycles. The number of aromatic nitrogens is 2. The molecule has 0 bridgehead atoms. The minimum absolute atomic E-state index is 0.0659. The zero-order valence-electron chi connectivity index (χ0n) is 11.1. The number of pyridine rings is 2. The Bertz CT molecular complexity index is 659. The second-order valence-electron chi connectivity index (χ2n) is 4.16. The Labute approximate surface area is 118 Å². The van der Waals surface area contributed by atoms with Gasteiger partial charge in [0.15, 0.2) is 5.65 Å². The van der Waals surface area contributed by atoms with Crippen molar-refractivity contribution in [3.8, 4) is 0 Å². The molecular formula is C13H12F3N3O2. The highest BCUT2D eigenvalue weighted by molar-refractivity contribution is 5.93. The Hall–Kier alpha value is -2.38. The number of fused-ring (bicyclic) bond motifs is 1. The fourth-order valence-electron chi connectivity index (χ4n) is 1.63. The van der Waals surface area contributed by atoms with Gasteiger partial charge >= 0.3 is 12.1 Å². The van der Waals surface area contributed by atoms with Gasteiger partial charge in [-0.2, -0.15) is 13.2 Å². The van der Waals surface area contributed by atoms with E-state index in [1.807, 2.05) is 0 Å². The van der Waals surface area contributed by atoms with Crippen LogP contribution in [0.15, 0.2) is 24.4 Å². The molecule has 0 saturated heterocycles. The SMILES string of the molecule is CCOC(=O)c1cnc2nc(NCC(F)(F)F)ccc2c1. The largest absolute Gasteiger partial charge is 0.462 e. The Morgan fingerprint density at radius 1 is 1.38 bits per heavy atom. The first-order valence-electron chi connectivity index (χ1n) is 6.13. The highest BCUT2D eigenvalue weighted by Crippen LogP contribution is 2.18. The molecule has 1 N–H and O–H groups in total. The number of alkyl halides is 3. The predicted molar refractivity (Wildman–Crippen MR) is 70.0 cm³/mol. The molecule has 2 heterocycles. The summed E-state index contributed by atoms with van der Waals surface area (Å²) in [6, 6.07) is 4.46. The summed E-state index contributed by atoms with van der Waals surface area (Å²) >= 11 is 0. The van der Waals surface area contributed by atoms with E-state index >= 15 is 0 Å². The fraction of sp³-hybridized carbons (Fsp3) is 0.308. The number of halogens is 3. The maximum Gasteiger partial charge on any atom is 0.405 e. The molecule has 0 spiro atoms. The zero-order chi connectivity index (χ0) is 15.5. The van der Waals surface area contributed by atoms with Gasteiger partial charge in [0.05, 0.1) is 12.2 Å². The van der Waals surface area contributed by atoms with E-state index in [2.05, 4.69) is 15.3 Å². The molecule has 0 atom stereocenters. The van der Waals surface area contributed by atoms with Crippen LogP contribution in [-0.2, 0) is 4.74 Å². The topological polar surface area (TPSA) is 64.1 Å². The quantitative estimate of drug-likeness (QED) is 0.879. The maximum absolute atomic E-state index is 12.1. The molecule has 0 unspecified atom stereocenters. The number of hydrogen-bond acceptors (Lipinski definition) is 5. The van der Waals surface area contributed by atoms with Gasteiger partial charge in [-0.05, 0) is 25.1 Å². The number of ether oxygens (including phenoxy) is 1. The van der Waals surface area contributed by atoms with Crippen LogP contribution >= 0.6 is 0 Å². The zero-order valence-corrected chi connectivity index (χ0v) is 11.1. The summed E-state index contributed by atoms with van der Waals surface area (Å²) in [5, 5.41) is 2.71. The average Bonchev–Trinajstić information content (AvgIpc) is 2.44. The molecule has 8 heteroatoms. The first-order chi connectivity index (χ1) is 9.89. The Morgan fingerprint density at radius 2 is 2.14 bits per heavy atom. The van der Waals surface area contributed by atoms with Crippen LogP contribution < -0.4 is 5.32 Å². The van der Waals surface area contributed by atoms with Gasteiger partial charge in [-0.25, -0.2) is 14.8 Å². The van der Waals surface area contributed by atoms with Gasteiger partial charge in [0.25, 0.3) is 0 Å². The molecular weight excluding hydrogens is 287 g/mol. The fourth-order valence-corrected chi connectivity index (χ4v) is 1.63. The van der Waals surface area contributed by atoms with Gasteiger partial charge < -0.3 is 10.1 Å². The minimum atomic E-state index is -4.32. The molecule has 0 aromatic carbocycles. The van der Waals surface area contributed by atoms with Crippen molar-refractivity contribution in [1.82, 2.24) is 9.97 Å². The van der Waals surface area contributed by atoms with Crippen molar-refractivity contribution in [3.05, 3.63) is 30.0 Å². The van der Waals surface area contributed by atoms with Gasteiger partial charge in [-0.3, -0.25) is 0 Å². The molecule has 2 aromatic rings. The van der Waals surface area contributed by atoms with Crippen LogP contribution in [0.2, 0.25) is 0 Å². The van der Waals surface area contributed by atoms with Gasteiger partial charge in [0, 0.05) is 11.6 Å². The number of esters is 1. The lowest BCUT2D eigenvalue weighted by atomic mass is 10.2. The molecule has 5 nitrogen and oxygen atoms in total. The summed E-state index contributed by atoms with van der Waals surface area (Å²) in [6.07, 6.45) is -3.04. The third-order valence-corrected chi connectivity index (χ3v) is 2.52. The normalized spacial score (nSPS) is 11.4. The van der Waals surface area contributed by atoms with Gasteiger partial charge in [-0.1, -0.05) is 0 Å². The van der Waals surface area contributed by atoms with E-state index in [1.54, 1.807) is 6.92 Å². The number of anilines is 1. The number of rotatable bonds is 4. The monoisotopic (exact) mass is 299 g/mol. The highest BCUT2D eigenvalue weighted by Gasteiger charge is 2.26. The van der Waals surface area contributed by atoms with Crippen molar-refractivity contribution < 1.29 is 22.7 Å². The lowest BCUT2D eigenvalue weighted by molar-refractivity contribution is -0.115. The van der Waals surface area contributed by atoms with E-state index in [9.17, 15) is 18.0 Å². The summed E-state index contributed by atoms with van der Waals surface area (Å²) < 4.78 is 41.2. The minimum Gasteiger partial charge on any atom is -0.462 e. The molecule has 0 aliphatic carbocycles. The van der Waals surface area contributed by atoms with Crippen LogP contribution in [0.1, 0.15) is 17.3 Å². The summed E-state index contributed by atoms with van der Waals surface area (Å²) in [5.74, 6) is -0.442. The lowest BCUT2D eigenvalue weighted by Gasteiger charge is -2.09. The van der Waals surface area contributed by atoms with Crippen LogP contribution in [0.5, 0.6) is 0 Å². The van der Waals surface area contributed by atoms with Crippen molar-refractivity contribution in [2.75, 3.05) is 18.5 Å². The van der Waals surface area contributed by atoms with Crippen LogP contribution in [-0.4, -0.2) is 35.3 Å². The Morgan fingerprint density at radius 3 is 2.81 bits per heavy atom. The molecule has 0 fully saturated rings. The number of hydrogen-bond donors (Lipinski definition) is 1. The first kappa shape index (κ1) is 15.0. The summed E-state index contributed by atoms with van der Waals surface area (Å²) in [5.41, 5.74) is 0.511. The van der Waals surface area contributed by atoms with Crippen molar-refractivity contribution in [2.45, 2.75) is 13.1 Å². The molecule has 0 aliphatic rings. The third-order valence-electron chi connectivity index (χ3n) is 2.52. The number of nitrogens with one attached hydrogen (secondary N) is 1. The van der Waals surface area contributed by atoms with E-state index in [0.717, 1.165) is 0 Å². The van der Waals surface area contributed by atoms with Crippen LogP contribution in [0.25, 0.3) is 11.0 Å². The Balaban J connectivity index is 2.21. The summed E-state index contributed by atoms with van der Waals surface area (Å²) in [6.45, 7) is 0.758. The van der Waals surface area contributed by atoms with Crippen LogP contribution in [0.4, 0.5) is 19.0 Å².